The maximum Gasteiger partial charge on any atom is 0.335 e. The van der Waals surface area contributed by atoms with Gasteiger partial charge < -0.3 is 15.7 Å². The van der Waals surface area contributed by atoms with Crippen molar-refractivity contribution in [2.24, 2.45) is 0 Å². The zero-order valence-electron chi connectivity index (χ0n) is 10.4. The van der Waals surface area contributed by atoms with Crippen LogP contribution in [0, 0.1) is 0 Å². The van der Waals surface area contributed by atoms with Gasteiger partial charge in [0.2, 0.25) is 0 Å². The van der Waals surface area contributed by atoms with Crippen molar-refractivity contribution >= 4 is 17.7 Å². The maximum atomic E-state index is 11.7. The average molecular weight is 272 g/mol. The van der Waals surface area contributed by atoms with Gasteiger partial charge in [0.05, 0.1) is 17.8 Å². The minimum atomic E-state index is -1.05. The van der Waals surface area contributed by atoms with Crippen LogP contribution in [0.4, 0.5) is 10.5 Å². The number of anilines is 1. The van der Waals surface area contributed by atoms with Crippen LogP contribution in [-0.4, -0.2) is 27.1 Å². The molecule has 2 amide bonds. The number of rotatable bonds is 4. The van der Waals surface area contributed by atoms with E-state index in [1.54, 1.807) is 24.4 Å². The van der Waals surface area contributed by atoms with E-state index in [1.165, 1.54) is 18.5 Å². The van der Waals surface area contributed by atoms with Crippen LogP contribution in [0.25, 0.3) is 0 Å². The second kappa shape index (κ2) is 6.28. The molecule has 0 bridgehead atoms. The Morgan fingerprint density at radius 1 is 1.25 bits per heavy atom. The molecule has 1 aromatic heterocycles. The zero-order chi connectivity index (χ0) is 14.4. The summed E-state index contributed by atoms with van der Waals surface area (Å²) in [5, 5.41) is 14.0. The van der Waals surface area contributed by atoms with Gasteiger partial charge in [-0.1, -0.05) is 6.07 Å². The van der Waals surface area contributed by atoms with E-state index in [4.69, 9.17) is 5.11 Å². The van der Waals surface area contributed by atoms with Crippen LogP contribution in [0.5, 0.6) is 0 Å². The molecular weight excluding hydrogens is 260 g/mol. The molecule has 102 valence electrons. The lowest BCUT2D eigenvalue weighted by Crippen LogP contribution is -2.28. The number of amides is 2. The molecule has 2 rings (SSSR count). The first-order valence-electron chi connectivity index (χ1n) is 5.78. The number of hydrogen-bond donors (Lipinski definition) is 3. The summed E-state index contributed by atoms with van der Waals surface area (Å²) in [6, 6.07) is 7.25. The molecule has 7 nitrogen and oxygen atoms in total. The zero-order valence-corrected chi connectivity index (χ0v) is 10.4. The van der Waals surface area contributed by atoms with Gasteiger partial charge in [0, 0.05) is 11.9 Å². The molecule has 0 spiro atoms. The quantitative estimate of drug-likeness (QED) is 0.782. The lowest BCUT2D eigenvalue weighted by molar-refractivity contribution is 0.0697. The Morgan fingerprint density at radius 2 is 2.10 bits per heavy atom. The van der Waals surface area contributed by atoms with E-state index in [-0.39, 0.29) is 12.1 Å². The van der Waals surface area contributed by atoms with E-state index in [9.17, 15) is 9.59 Å². The molecule has 0 saturated carbocycles. The summed E-state index contributed by atoms with van der Waals surface area (Å²) in [6.07, 6.45) is 2.98. The number of hydrogen-bond acceptors (Lipinski definition) is 4. The number of aromatic nitrogens is 2. The third-order valence-electron chi connectivity index (χ3n) is 2.44. The molecule has 7 heteroatoms. The molecule has 0 aliphatic heterocycles. The SMILES string of the molecule is O=C(NCc1ccncn1)Nc1cccc(C(=O)O)c1. The Kier molecular flexibility index (Phi) is 4.23. The Hall–Kier alpha value is -2.96. The fourth-order valence-corrected chi connectivity index (χ4v) is 1.50. The summed E-state index contributed by atoms with van der Waals surface area (Å²) >= 11 is 0. The van der Waals surface area contributed by atoms with E-state index in [0.717, 1.165) is 0 Å². The highest BCUT2D eigenvalue weighted by atomic mass is 16.4. The van der Waals surface area contributed by atoms with Gasteiger partial charge in [0.25, 0.3) is 0 Å². The number of benzene rings is 1. The number of aromatic carboxylic acids is 1. The summed E-state index contributed by atoms with van der Waals surface area (Å²) in [5.41, 5.74) is 1.19. The number of nitrogens with zero attached hydrogens (tertiary/aromatic N) is 2. The van der Waals surface area contributed by atoms with Crippen molar-refractivity contribution in [2.45, 2.75) is 6.54 Å². The molecule has 0 unspecified atom stereocenters. The van der Waals surface area contributed by atoms with E-state index >= 15 is 0 Å². The summed E-state index contributed by atoms with van der Waals surface area (Å²) in [6.45, 7) is 0.257. The lowest BCUT2D eigenvalue weighted by Gasteiger charge is -2.07. The summed E-state index contributed by atoms with van der Waals surface area (Å²) in [5.74, 6) is -1.05. The van der Waals surface area contributed by atoms with E-state index in [2.05, 4.69) is 20.6 Å². The molecule has 0 fully saturated rings. The standard InChI is InChI=1S/C13H12N4O3/c18-12(19)9-2-1-3-10(6-9)17-13(20)15-7-11-4-5-14-8-16-11/h1-6,8H,7H2,(H,18,19)(H2,15,17,20). The normalized spacial score (nSPS) is 9.80. The van der Waals surface area contributed by atoms with Crippen molar-refractivity contribution in [1.29, 1.82) is 0 Å². The van der Waals surface area contributed by atoms with Crippen molar-refractivity contribution in [3.8, 4) is 0 Å². The van der Waals surface area contributed by atoms with E-state index in [1.807, 2.05) is 0 Å². The van der Waals surface area contributed by atoms with Crippen LogP contribution in [0.2, 0.25) is 0 Å². The number of carboxylic acid groups (broad SMARTS) is 1. The molecule has 1 heterocycles. The van der Waals surface area contributed by atoms with Gasteiger partial charge in [-0.15, -0.1) is 0 Å². The van der Waals surface area contributed by atoms with Gasteiger partial charge in [0.1, 0.15) is 6.33 Å². The predicted molar refractivity (Wildman–Crippen MR) is 71.3 cm³/mol. The fourth-order valence-electron chi connectivity index (χ4n) is 1.50. The highest BCUT2D eigenvalue weighted by Gasteiger charge is 2.06. The molecule has 1 aromatic carbocycles. The van der Waals surface area contributed by atoms with Crippen molar-refractivity contribution in [3.63, 3.8) is 0 Å². The monoisotopic (exact) mass is 272 g/mol. The van der Waals surface area contributed by atoms with Gasteiger partial charge >= 0.3 is 12.0 Å². The highest BCUT2D eigenvalue weighted by molar-refractivity contribution is 5.93. The minimum Gasteiger partial charge on any atom is -0.478 e. The van der Waals surface area contributed by atoms with Gasteiger partial charge in [-0.05, 0) is 24.3 Å². The highest BCUT2D eigenvalue weighted by Crippen LogP contribution is 2.10. The Morgan fingerprint density at radius 3 is 2.80 bits per heavy atom. The van der Waals surface area contributed by atoms with Gasteiger partial charge in [-0.2, -0.15) is 0 Å². The first-order valence-corrected chi connectivity index (χ1v) is 5.78. The van der Waals surface area contributed by atoms with E-state index < -0.39 is 12.0 Å². The number of carboxylic acids is 1. The van der Waals surface area contributed by atoms with Crippen LogP contribution < -0.4 is 10.6 Å². The van der Waals surface area contributed by atoms with Gasteiger partial charge in [0.15, 0.2) is 0 Å². The van der Waals surface area contributed by atoms with Gasteiger partial charge in [-0.3, -0.25) is 0 Å². The Balaban J connectivity index is 1.91. The molecule has 0 aliphatic rings. The summed E-state index contributed by atoms with van der Waals surface area (Å²) in [4.78, 5) is 30.2. The molecule has 2 aromatic rings. The first kappa shape index (κ1) is 13.5. The summed E-state index contributed by atoms with van der Waals surface area (Å²) < 4.78 is 0. The van der Waals surface area contributed by atoms with Crippen LogP contribution in [-0.2, 0) is 6.54 Å². The fraction of sp³-hybridized carbons (Fsp3) is 0.0769. The number of carbonyl (C=O) groups is 2. The Bertz CT molecular complexity index is 616. The third kappa shape index (κ3) is 3.77. The van der Waals surface area contributed by atoms with Crippen molar-refractivity contribution in [3.05, 3.63) is 54.1 Å². The third-order valence-corrected chi connectivity index (χ3v) is 2.44. The molecule has 0 atom stereocenters. The maximum absolute atomic E-state index is 11.7. The number of urea groups is 1. The molecule has 0 saturated heterocycles. The molecule has 20 heavy (non-hydrogen) atoms. The summed E-state index contributed by atoms with van der Waals surface area (Å²) in [7, 11) is 0. The van der Waals surface area contributed by atoms with Gasteiger partial charge in [-0.25, -0.2) is 19.6 Å². The Labute approximate surface area is 114 Å². The van der Waals surface area contributed by atoms with Crippen molar-refractivity contribution in [2.75, 3.05) is 5.32 Å². The molecule has 3 N–H and O–H groups in total. The smallest absolute Gasteiger partial charge is 0.335 e. The molecule has 0 aliphatic carbocycles. The molecular formula is C13H12N4O3. The molecule has 0 radical (unpaired) electrons. The van der Waals surface area contributed by atoms with Crippen LogP contribution in [0.1, 0.15) is 16.1 Å². The second-order valence-electron chi connectivity index (χ2n) is 3.89. The van der Waals surface area contributed by atoms with Crippen LogP contribution in [0.15, 0.2) is 42.9 Å². The van der Waals surface area contributed by atoms with Crippen LogP contribution >= 0.6 is 0 Å². The van der Waals surface area contributed by atoms with E-state index in [0.29, 0.717) is 11.4 Å². The van der Waals surface area contributed by atoms with Crippen molar-refractivity contribution in [1.82, 2.24) is 15.3 Å². The minimum absolute atomic E-state index is 0.110. The van der Waals surface area contributed by atoms with Crippen molar-refractivity contribution < 1.29 is 14.7 Å². The number of carbonyl (C=O) groups excluding carboxylic acids is 1. The largest absolute Gasteiger partial charge is 0.478 e. The second-order valence-corrected chi connectivity index (χ2v) is 3.89. The topological polar surface area (TPSA) is 104 Å². The lowest BCUT2D eigenvalue weighted by atomic mass is 10.2. The average Bonchev–Trinajstić information content (AvgIpc) is 2.46. The predicted octanol–water partition coefficient (Wildman–Crippen LogP) is 1.50. The van der Waals surface area contributed by atoms with Crippen LogP contribution in [0.3, 0.4) is 0 Å². The first-order chi connectivity index (χ1) is 9.65. The number of nitrogens with one attached hydrogen (secondary N) is 2.